The standard InChI is InChI=1S/C27H29BrN2O7S/c1-5-13-36-23-12-9-20(16-24(23)34-4)27(31)30-29-17-19-14-22(28)26(25(15-19)35-6-2)37-38(32,33)21-10-7-18(3)8-11-21/h7-12,14-17H,5-6,13H2,1-4H3,(H,30,31)/b29-17+. The van der Waals surface area contributed by atoms with Crippen molar-refractivity contribution < 1.29 is 31.6 Å². The fourth-order valence-corrected chi connectivity index (χ4v) is 4.84. The molecule has 0 radical (unpaired) electrons. The molecule has 3 rings (SSSR count). The van der Waals surface area contributed by atoms with E-state index in [0.29, 0.717) is 33.7 Å². The van der Waals surface area contributed by atoms with E-state index in [1.54, 1.807) is 49.4 Å². The molecule has 0 bridgehead atoms. The van der Waals surface area contributed by atoms with Crippen molar-refractivity contribution in [1.82, 2.24) is 5.43 Å². The monoisotopic (exact) mass is 604 g/mol. The average Bonchev–Trinajstić information content (AvgIpc) is 2.89. The number of carbonyl (C=O) groups excluding carboxylic acids is 1. The molecule has 0 spiro atoms. The molecule has 0 aliphatic heterocycles. The lowest BCUT2D eigenvalue weighted by molar-refractivity contribution is 0.0954. The Morgan fingerprint density at radius 2 is 1.74 bits per heavy atom. The number of hydrogen-bond acceptors (Lipinski definition) is 8. The summed E-state index contributed by atoms with van der Waals surface area (Å²) in [6.07, 6.45) is 2.25. The quantitative estimate of drug-likeness (QED) is 0.165. The van der Waals surface area contributed by atoms with Crippen molar-refractivity contribution in [1.29, 1.82) is 0 Å². The average molecular weight is 606 g/mol. The normalized spacial score (nSPS) is 11.3. The lowest BCUT2D eigenvalue weighted by atomic mass is 10.2. The molecule has 11 heteroatoms. The summed E-state index contributed by atoms with van der Waals surface area (Å²) in [4.78, 5) is 12.6. The maximum atomic E-state index is 12.8. The van der Waals surface area contributed by atoms with E-state index in [2.05, 4.69) is 26.5 Å². The fraction of sp³-hybridized carbons (Fsp3) is 0.259. The summed E-state index contributed by atoms with van der Waals surface area (Å²) in [6, 6.07) is 14.3. The van der Waals surface area contributed by atoms with Crippen molar-refractivity contribution in [3.8, 4) is 23.0 Å². The molecule has 0 heterocycles. The van der Waals surface area contributed by atoms with Crippen LogP contribution >= 0.6 is 15.9 Å². The minimum absolute atomic E-state index is 0.00564. The minimum atomic E-state index is -4.10. The van der Waals surface area contributed by atoms with E-state index in [0.717, 1.165) is 12.0 Å². The maximum Gasteiger partial charge on any atom is 0.339 e. The van der Waals surface area contributed by atoms with Crippen LogP contribution in [0.4, 0.5) is 0 Å². The van der Waals surface area contributed by atoms with Gasteiger partial charge < -0.3 is 18.4 Å². The van der Waals surface area contributed by atoms with E-state index in [1.807, 2.05) is 13.8 Å². The molecule has 0 fully saturated rings. The van der Waals surface area contributed by atoms with Crippen LogP contribution in [0.5, 0.6) is 23.0 Å². The molecule has 0 aromatic heterocycles. The molecule has 0 atom stereocenters. The Bertz CT molecular complexity index is 1410. The van der Waals surface area contributed by atoms with Crippen molar-refractivity contribution in [3.05, 3.63) is 75.8 Å². The van der Waals surface area contributed by atoms with Crippen molar-refractivity contribution in [2.75, 3.05) is 20.3 Å². The van der Waals surface area contributed by atoms with Gasteiger partial charge in [-0.2, -0.15) is 13.5 Å². The topological polar surface area (TPSA) is 113 Å². The first-order valence-electron chi connectivity index (χ1n) is 11.8. The Labute approximate surface area is 231 Å². The second-order valence-corrected chi connectivity index (χ2v) is 10.4. The van der Waals surface area contributed by atoms with Gasteiger partial charge >= 0.3 is 10.1 Å². The summed E-state index contributed by atoms with van der Waals surface area (Å²) in [5.41, 5.74) is 4.25. The highest BCUT2D eigenvalue weighted by Crippen LogP contribution is 2.38. The van der Waals surface area contributed by atoms with Gasteiger partial charge in [0.15, 0.2) is 23.0 Å². The number of rotatable bonds is 12. The molecule has 0 saturated heterocycles. The van der Waals surface area contributed by atoms with Gasteiger partial charge in [0.25, 0.3) is 5.91 Å². The SMILES string of the molecule is CCCOc1ccc(C(=O)N/N=C/c2cc(Br)c(OS(=O)(=O)c3ccc(C)cc3)c(OCC)c2)cc1OC. The molecule has 0 unspecified atom stereocenters. The van der Waals surface area contributed by atoms with Gasteiger partial charge in [-0.3, -0.25) is 4.79 Å². The Morgan fingerprint density at radius 3 is 2.39 bits per heavy atom. The summed E-state index contributed by atoms with van der Waals surface area (Å²) in [5, 5.41) is 4.02. The van der Waals surface area contributed by atoms with Crippen molar-refractivity contribution >= 4 is 38.2 Å². The van der Waals surface area contributed by atoms with Crippen molar-refractivity contribution in [3.63, 3.8) is 0 Å². The molecular weight excluding hydrogens is 576 g/mol. The first-order valence-corrected chi connectivity index (χ1v) is 14.0. The van der Waals surface area contributed by atoms with Gasteiger partial charge in [-0.15, -0.1) is 0 Å². The van der Waals surface area contributed by atoms with E-state index in [1.165, 1.54) is 25.5 Å². The predicted molar refractivity (Wildman–Crippen MR) is 148 cm³/mol. The lowest BCUT2D eigenvalue weighted by Crippen LogP contribution is -2.17. The number of nitrogens with one attached hydrogen (secondary N) is 1. The van der Waals surface area contributed by atoms with E-state index in [4.69, 9.17) is 18.4 Å². The van der Waals surface area contributed by atoms with Crippen LogP contribution in [-0.4, -0.2) is 40.9 Å². The molecule has 3 aromatic carbocycles. The van der Waals surface area contributed by atoms with Crippen LogP contribution in [0, 0.1) is 6.92 Å². The Morgan fingerprint density at radius 1 is 1.00 bits per heavy atom. The molecular formula is C27H29BrN2O7S. The predicted octanol–water partition coefficient (Wildman–Crippen LogP) is 5.49. The zero-order chi connectivity index (χ0) is 27.7. The highest BCUT2D eigenvalue weighted by atomic mass is 79.9. The van der Waals surface area contributed by atoms with Crippen LogP contribution < -0.4 is 23.8 Å². The minimum Gasteiger partial charge on any atom is -0.493 e. The van der Waals surface area contributed by atoms with Crippen LogP contribution in [0.25, 0.3) is 0 Å². The fourth-order valence-electron chi connectivity index (χ4n) is 3.24. The van der Waals surface area contributed by atoms with Crippen LogP contribution in [0.15, 0.2) is 69.1 Å². The van der Waals surface area contributed by atoms with E-state index in [-0.39, 0.29) is 23.0 Å². The molecule has 1 N–H and O–H groups in total. The van der Waals surface area contributed by atoms with Gasteiger partial charge in [-0.25, -0.2) is 5.43 Å². The zero-order valence-corrected chi connectivity index (χ0v) is 23.9. The van der Waals surface area contributed by atoms with Gasteiger partial charge in [0.1, 0.15) is 4.90 Å². The number of halogens is 1. The first-order chi connectivity index (χ1) is 18.2. The Balaban J connectivity index is 1.77. The summed E-state index contributed by atoms with van der Waals surface area (Å²) in [5.74, 6) is 0.740. The first kappa shape index (κ1) is 29.0. The Hall–Kier alpha value is -3.57. The number of aryl methyl sites for hydroxylation is 1. The molecule has 3 aromatic rings. The third-order valence-corrected chi connectivity index (χ3v) is 6.93. The highest BCUT2D eigenvalue weighted by Gasteiger charge is 2.22. The molecule has 38 heavy (non-hydrogen) atoms. The number of methoxy groups -OCH3 is 1. The van der Waals surface area contributed by atoms with E-state index in [9.17, 15) is 13.2 Å². The number of amides is 1. The highest BCUT2D eigenvalue weighted by molar-refractivity contribution is 9.10. The number of nitrogens with zero attached hydrogens (tertiary/aromatic N) is 1. The van der Waals surface area contributed by atoms with Crippen LogP contribution in [0.3, 0.4) is 0 Å². The number of ether oxygens (including phenoxy) is 3. The van der Waals surface area contributed by atoms with Gasteiger partial charge in [-0.1, -0.05) is 24.6 Å². The number of hydrogen-bond donors (Lipinski definition) is 1. The van der Waals surface area contributed by atoms with Gasteiger partial charge in [0, 0.05) is 5.56 Å². The van der Waals surface area contributed by atoms with Crippen LogP contribution in [-0.2, 0) is 10.1 Å². The van der Waals surface area contributed by atoms with Crippen LogP contribution in [0.1, 0.15) is 41.8 Å². The summed E-state index contributed by atoms with van der Waals surface area (Å²) >= 11 is 3.36. The van der Waals surface area contributed by atoms with Crippen molar-refractivity contribution in [2.24, 2.45) is 5.10 Å². The molecule has 0 saturated carbocycles. The number of benzene rings is 3. The third kappa shape index (κ3) is 7.48. The second kappa shape index (κ2) is 13.3. The van der Waals surface area contributed by atoms with E-state index >= 15 is 0 Å². The lowest BCUT2D eigenvalue weighted by Gasteiger charge is -2.14. The third-order valence-electron chi connectivity index (χ3n) is 5.10. The Kier molecular flexibility index (Phi) is 10.1. The largest absolute Gasteiger partial charge is 0.493 e. The molecule has 1 amide bonds. The number of carbonyl (C=O) groups is 1. The summed E-state index contributed by atoms with van der Waals surface area (Å²) in [7, 11) is -2.60. The van der Waals surface area contributed by atoms with E-state index < -0.39 is 16.0 Å². The summed E-state index contributed by atoms with van der Waals surface area (Å²) in [6.45, 7) is 6.42. The maximum absolute atomic E-state index is 12.8. The molecule has 202 valence electrons. The zero-order valence-electron chi connectivity index (χ0n) is 21.5. The molecule has 9 nitrogen and oxygen atoms in total. The molecule has 0 aliphatic carbocycles. The van der Waals surface area contributed by atoms with Gasteiger partial charge in [-0.05, 0) is 84.2 Å². The van der Waals surface area contributed by atoms with Gasteiger partial charge in [0.2, 0.25) is 0 Å². The molecule has 0 aliphatic rings. The van der Waals surface area contributed by atoms with Crippen LogP contribution in [0.2, 0.25) is 0 Å². The smallest absolute Gasteiger partial charge is 0.339 e. The van der Waals surface area contributed by atoms with Gasteiger partial charge in [0.05, 0.1) is 31.0 Å². The number of hydrazone groups is 1. The summed E-state index contributed by atoms with van der Waals surface area (Å²) < 4.78 is 47.9. The van der Waals surface area contributed by atoms with Crippen molar-refractivity contribution in [2.45, 2.75) is 32.1 Å². The second-order valence-electron chi connectivity index (χ2n) is 8.03.